The zero-order valence-corrected chi connectivity index (χ0v) is 16.3. The summed E-state index contributed by atoms with van der Waals surface area (Å²) in [6.45, 7) is 5.04. The van der Waals surface area contributed by atoms with Crippen molar-refractivity contribution in [1.82, 2.24) is 4.90 Å². The Labute approximate surface area is 151 Å². The van der Waals surface area contributed by atoms with Crippen molar-refractivity contribution in [2.45, 2.75) is 26.2 Å². The average Bonchev–Trinajstić information content (AvgIpc) is 2.80. The Hall–Kier alpha value is -1.35. The summed E-state index contributed by atoms with van der Waals surface area (Å²) in [6, 6.07) is 18.3. The Morgan fingerprint density at radius 3 is 2.42 bits per heavy atom. The average molecular weight is 406 g/mol. The first kappa shape index (κ1) is 17.5. The lowest BCUT2D eigenvalue weighted by molar-refractivity contribution is 0.276. The highest BCUT2D eigenvalue weighted by molar-refractivity contribution is 9.10. The SMILES string of the molecule is CCO[P@]1(=O)C=C(C)N(Cc2ccccc2)[C@H]1c1ccc(Br)cc1. The van der Waals surface area contributed by atoms with Crippen molar-refractivity contribution in [1.29, 1.82) is 0 Å². The lowest BCUT2D eigenvalue weighted by Crippen LogP contribution is -2.23. The molecular weight excluding hydrogens is 385 g/mol. The van der Waals surface area contributed by atoms with E-state index in [2.05, 4.69) is 33.0 Å². The molecular formula is C19H21BrNO2P. The molecule has 0 radical (unpaired) electrons. The van der Waals surface area contributed by atoms with Crippen molar-refractivity contribution in [3.05, 3.63) is 81.7 Å². The van der Waals surface area contributed by atoms with Crippen LogP contribution in [-0.2, 0) is 15.6 Å². The second kappa shape index (κ2) is 7.26. The predicted octanol–water partition coefficient (Wildman–Crippen LogP) is 6.14. The molecule has 5 heteroatoms. The first-order chi connectivity index (χ1) is 11.5. The molecule has 1 heterocycles. The molecule has 0 aliphatic carbocycles. The molecule has 1 aliphatic rings. The van der Waals surface area contributed by atoms with Crippen molar-refractivity contribution in [2.24, 2.45) is 0 Å². The minimum Gasteiger partial charge on any atom is -0.354 e. The summed E-state index contributed by atoms with van der Waals surface area (Å²) in [4.78, 5) is 2.19. The van der Waals surface area contributed by atoms with E-state index in [1.54, 1.807) is 0 Å². The van der Waals surface area contributed by atoms with Gasteiger partial charge in [-0.25, -0.2) is 0 Å². The number of hydrogen-bond donors (Lipinski definition) is 0. The number of benzene rings is 2. The van der Waals surface area contributed by atoms with Crippen LogP contribution in [0.15, 0.2) is 70.6 Å². The van der Waals surface area contributed by atoms with Gasteiger partial charge in [0, 0.05) is 22.5 Å². The number of nitrogens with zero attached hydrogens (tertiary/aromatic N) is 1. The van der Waals surface area contributed by atoms with Crippen molar-refractivity contribution >= 4 is 23.3 Å². The fourth-order valence-corrected chi connectivity index (χ4v) is 6.05. The third-order valence-electron chi connectivity index (χ3n) is 4.15. The van der Waals surface area contributed by atoms with E-state index in [1.807, 2.05) is 62.1 Å². The van der Waals surface area contributed by atoms with Crippen LogP contribution in [0.5, 0.6) is 0 Å². The minimum atomic E-state index is -2.92. The van der Waals surface area contributed by atoms with Crippen LogP contribution in [0.1, 0.15) is 30.8 Å². The van der Waals surface area contributed by atoms with Crippen LogP contribution < -0.4 is 0 Å². The zero-order chi connectivity index (χ0) is 17.2. The molecule has 0 fully saturated rings. The molecule has 0 spiro atoms. The molecule has 24 heavy (non-hydrogen) atoms. The van der Waals surface area contributed by atoms with Crippen molar-refractivity contribution in [2.75, 3.05) is 6.61 Å². The van der Waals surface area contributed by atoms with Crippen LogP contribution in [0.25, 0.3) is 0 Å². The normalized spacial score (nSPS) is 23.4. The maximum Gasteiger partial charge on any atom is 0.253 e. The fourth-order valence-electron chi connectivity index (χ4n) is 3.12. The quantitative estimate of drug-likeness (QED) is 0.559. The van der Waals surface area contributed by atoms with Crippen molar-refractivity contribution < 1.29 is 9.09 Å². The van der Waals surface area contributed by atoms with Gasteiger partial charge in [-0.15, -0.1) is 0 Å². The second-order valence-electron chi connectivity index (χ2n) is 5.87. The molecule has 1 aliphatic heterocycles. The predicted molar refractivity (Wildman–Crippen MR) is 102 cm³/mol. The smallest absolute Gasteiger partial charge is 0.253 e. The van der Waals surface area contributed by atoms with Crippen molar-refractivity contribution in [3.63, 3.8) is 0 Å². The van der Waals surface area contributed by atoms with Gasteiger partial charge in [0.2, 0.25) is 0 Å². The molecule has 126 valence electrons. The van der Waals surface area contributed by atoms with Crippen LogP contribution in [0, 0.1) is 0 Å². The van der Waals surface area contributed by atoms with Gasteiger partial charge in [0.15, 0.2) is 0 Å². The monoisotopic (exact) mass is 405 g/mol. The van der Waals surface area contributed by atoms with E-state index >= 15 is 0 Å². The molecule has 0 bridgehead atoms. The summed E-state index contributed by atoms with van der Waals surface area (Å²) in [5, 5.41) is 0. The van der Waals surface area contributed by atoms with Gasteiger partial charge in [-0.2, -0.15) is 0 Å². The summed E-state index contributed by atoms with van der Waals surface area (Å²) in [7, 11) is -2.92. The molecule has 0 saturated carbocycles. The molecule has 3 nitrogen and oxygen atoms in total. The molecule has 0 amide bonds. The number of rotatable bonds is 5. The van der Waals surface area contributed by atoms with E-state index in [4.69, 9.17) is 4.52 Å². The molecule has 3 rings (SSSR count). The summed E-state index contributed by atoms with van der Waals surface area (Å²) >= 11 is 3.47. The summed E-state index contributed by atoms with van der Waals surface area (Å²) < 4.78 is 20.2. The number of halogens is 1. The van der Waals surface area contributed by atoms with Gasteiger partial charge in [0.25, 0.3) is 7.37 Å². The first-order valence-electron chi connectivity index (χ1n) is 8.03. The maximum atomic E-state index is 13.5. The Balaban J connectivity index is 2.00. The van der Waals surface area contributed by atoms with E-state index in [1.165, 1.54) is 5.56 Å². The first-order valence-corrected chi connectivity index (χ1v) is 10.6. The van der Waals surface area contributed by atoms with Crippen LogP contribution >= 0.6 is 23.3 Å². The van der Waals surface area contributed by atoms with E-state index in [0.717, 1.165) is 15.7 Å². The Bertz CT molecular complexity index is 774. The van der Waals surface area contributed by atoms with Crippen molar-refractivity contribution in [3.8, 4) is 0 Å². The van der Waals surface area contributed by atoms with Gasteiger partial charge in [-0.1, -0.05) is 58.4 Å². The standard InChI is InChI=1S/C19H21BrNO2P/c1-3-23-24(22)14-15(2)21(13-16-7-5-4-6-8-16)19(24)17-9-11-18(20)12-10-17/h4-12,14,19H,3,13H2,1-2H3/t19-,24-/m1/s1. The molecule has 2 atom stereocenters. The third-order valence-corrected chi connectivity index (χ3v) is 7.33. The molecule has 0 aromatic heterocycles. The lowest BCUT2D eigenvalue weighted by atomic mass is 10.1. The van der Waals surface area contributed by atoms with Gasteiger partial charge in [-0.05, 0) is 37.1 Å². The van der Waals surface area contributed by atoms with E-state index < -0.39 is 7.37 Å². The van der Waals surface area contributed by atoms with Gasteiger partial charge in [0.05, 0.1) is 6.61 Å². The fraction of sp³-hybridized carbons (Fsp3) is 0.263. The van der Waals surface area contributed by atoms with Crippen LogP contribution in [0.4, 0.5) is 0 Å². The molecule has 2 aromatic carbocycles. The van der Waals surface area contributed by atoms with Crippen LogP contribution in [0.2, 0.25) is 0 Å². The van der Waals surface area contributed by atoms with Gasteiger partial charge >= 0.3 is 0 Å². The minimum absolute atomic E-state index is 0.272. The number of allylic oxidation sites excluding steroid dienone is 1. The van der Waals surface area contributed by atoms with E-state index in [0.29, 0.717) is 13.2 Å². The second-order valence-corrected chi connectivity index (χ2v) is 9.08. The molecule has 0 unspecified atom stereocenters. The van der Waals surface area contributed by atoms with Gasteiger partial charge in [-0.3, -0.25) is 4.57 Å². The van der Waals surface area contributed by atoms with Crippen LogP contribution in [0.3, 0.4) is 0 Å². The van der Waals surface area contributed by atoms with Gasteiger partial charge in [0.1, 0.15) is 5.78 Å². The van der Waals surface area contributed by atoms with Gasteiger partial charge < -0.3 is 9.42 Å². The summed E-state index contributed by atoms with van der Waals surface area (Å²) in [5.41, 5.74) is 3.21. The molecule has 0 saturated heterocycles. The maximum absolute atomic E-state index is 13.5. The highest BCUT2D eigenvalue weighted by Gasteiger charge is 2.43. The van der Waals surface area contributed by atoms with E-state index in [9.17, 15) is 4.57 Å². The Morgan fingerprint density at radius 2 is 1.79 bits per heavy atom. The van der Waals surface area contributed by atoms with Crippen LogP contribution in [-0.4, -0.2) is 11.5 Å². The summed E-state index contributed by atoms with van der Waals surface area (Å²) in [5.74, 6) is 1.55. The highest BCUT2D eigenvalue weighted by Crippen LogP contribution is 2.68. The highest BCUT2D eigenvalue weighted by atomic mass is 79.9. The largest absolute Gasteiger partial charge is 0.354 e. The molecule has 0 N–H and O–H groups in total. The number of hydrogen-bond acceptors (Lipinski definition) is 3. The third kappa shape index (κ3) is 3.51. The van der Waals surface area contributed by atoms with E-state index in [-0.39, 0.29) is 5.78 Å². The Kier molecular flexibility index (Phi) is 5.29. The molecule has 2 aromatic rings. The lowest BCUT2D eigenvalue weighted by Gasteiger charge is -2.31. The Morgan fingerprint density at radius 1 is 1.12 bits per heavy atom. The topological polar surface area (TPSA) is 29.5 Å². The zero-order valence-electron chi connectivity index (χ0n) is 13.9. The summed E-state index contributed by atoms with van der Waals surface area (Å²) in [6.07, 6.45) is 0.